The van der Waals surface area contributed by atoms with E-state index in [4.69, 9.17) is 4.52 Å². The molecule has 0 bridgehead atoms. The predicted octanol–water partition coefficient (Wildman–Crippen LogP) is 2.68. The van der Waals surface area contributed by atoms with Crippen molar-refractivity contribution in [2.75, 3.05) is 19.4 Å². The minimum atomic E-state index is -3.54. The van der Waals surface area contributed by atoms with Crippen molar-refractivity contribution in [1.29, 1.82) is 0 Å². The molecule has 3 rings (SSSR count). The number of benzene rings is 1. The molecule has 0 radical (unpaired) electrons. The summed E-state index contributed by atoms with van der Waals surface area (Å²) < 4.78 is 33.0. The fourth-order valence-electron chi connectivity index (χ4n) is 2.94. The summed E-state index contributed by atoms with van der Waals surface area (Å²) in [6.07, 6.45) is 0.606. The highest BCUT2D eigenvalue weighted by atomic mass is 32.2. The number of anilines is 1. The predicted molar refractivity (Wildman–Crippen MR) is 114 cm³/mol. The van der Waals surface area contributed by atoms with Gasteiger partial charge in [-0.1, -0.05) is 25.9 Å². The molecule has 30 heavy (non-hydrogen) atoms. The summed E-state index contributed by atoms with van der Waals surface area (Å²) in [6.45, 7) is 6.00. The van der Waals surface area contributed by atoms with Gasteiger partial charge in [0.2, 0.25) is 15.9 Å². The van der Waals surface area contributed by atoms with Crippen molar-refractivity contribution in [3.8, 4) is 0 Å². The maximum atomic E-state index is 12.3. The molecule has 2 heterocycles. The van der Waals surface area contributed by atoms with Crippen molar-refractivity contribution in [3.05, 3.63) is 35.9 Å². The first-order chi connectivity index (χ1) is 13.9. The zero-order valence-electron chi connectivity index (χ0n) is 18.1. The number of rotatable bonds is 6. The Balaban J connectivity index is 1.72. The minimum absolute atomic E-state index is 0.183. The van der Waals surface area contributed by atoms with E-state index in [1.165, 1.54) is 14.1 Å². The third-order valence-electron chi connectivity index (χ3n) is 4.82. The maximum absolute atomic E-state index is 12.3. The first-order valence-corrected chi connectivity index (χ1v) is 11.0. The van der Waals surface area contributed by atoms with E-state index in [0.29, 0.717) is 29.3 Å². The highest BCUT2D eigenvalue weighted by Crippen LogP contribution is 2.25. The van der Waals surface area contributed by atoms with Gasteiger partial charge in [0.05, 0.1) is 15.9 Å². The molecule has 0 saturated heterocycles. The lowest BCUT2D eigenvalue weighted by Crippen LogP contribution is -2.22. The second-order valence-corrected chi connectivity index (χ2v) is 10.6. The van der Waals surface area contributed by atoms with Crippen LogP contribution in [0.1, 0.15) is 38.8 Å². The van der Waals surface area contributed by atoms with Crippen LogP contribution in [0.3, 0.4) is 0 Å². The molecule has 10 heteroatoms. The van der Waals surface area contributed by atoms with Crippen molar-refractivity contribution in [2.45, 2.75) is 43.9 Å². The number of aromatic nitrogens is 3. The molecular weight excluding hydrogens is 406 g/mol. The largest absolute Gasteiger partial charge is 0.359 e. The van der Waals surface area contributed by atoms with Crippen LogP contribution >= 0.6 is 0 Å². The summed E-state index contributed by atoms with van der Waals surface area (Å²) in [7, 11) is 1.28. The minimum Gasteiger partial charge on any atom is -0.359 e. The van der Waals surface area contributed by atoms with Gasteiger partial charge >= 0.3 is 0 Å². The van der Waals surface area contributed by atoms with Crippen LogP contribution in [0.25, 0.3) is 11.0 Å². The average molecular weight is 434 g/mol. The Kier molecular flexibility index (Phi) is 5.74. The molecule has 0 saturated carbocycles. The summed E-state index contributed by atoms with van der Waals surface area (Å²) in [5.74, 6) is 1.56. The Morgan fingerprint density at radius 3 is 2.53 bits per heavy atom. The van der Waals surface area contributed by atoms with Crippen molar-refractivity contribution in [2.24, 2.45) is 7.05 Å². The van der Waals surface area contributed by atoms with E-state index < -0.39 is 10.0 Å². The average Bonchev–Trinajstić information content (AvgIpc) is 3.24. The van der Waals surface area contributed by atoms with E-state index in [-0.39, 0.29) is 22.6 Å². The fraction of sp³-hybridized carbons (Fsp3) is 0.450. The number of fused-ring (bicyclic) bond motifs is 1. The van der Waals surface area contributed by atoms with Crippen LogP contribution in [0.2, 0.25) is 0 Å². The molecule has 1 amide bonds. The SMILES string of the molecule is CN(C)S(=O)(=O)c1ccc2c(c1)nc(CCC(=O)Nc1cc(C(C)(C)C)on1)n2C. The van der Waals surface area contributed by atoms with E-state index in [9.17, 15) is 13.2 Å². The van der Waals surface area contributed by atoms with Crippen LogP contribution in [0.4, 0.5) is 5.82 Å². The number of nitrogens with one attached hydrogen (secondary N) is 1. The highest BCUT2D eigenvalue weighted by Gasteiger charge is 2.21. The Morgan fingerprint density at radius 2 is 1.93 bits per heavy atom. The molecule has 0 fully saturated rings. The van der Waals surface area contributed by atoms with Gasteiger partial charge in [0.15, 0.2) is 5.82 Å². The number of carbonyl (C=O) groups is 1. The standard InChI is InChI=1S/C20H27N5O4S/c1-20(2,3)16-12-17(23-29-16)22-19(26)10-9-18-21-14-11-13(30(27,28)24(4)5)7-8-15(14)25(18)6/h7-8,11-12H,9-10H2,1-6H3,(H,22,23,26). The highest BCUT2D eigenvalue weighted by molar-refractivity contribution is 7.89. The normalized spacial score (nSPS) is 12.6. The van der Waals surface area contributed by atoms with Gasteiger partial charge in [0.25, 0.3) is 0 Å². The van der Waals surface area contributed by atoms with Crippen LogP contribution in [-0.4, -0.2) is 47.4 Å². The quantitative estimate of drug-likeness (QED) is 0.640. The molecule has 3 aromatic rings. The zero-order valence-corrected chi connectivity index (χ0v) is 18.9. The molecule has 1 aromatic carbocycles. The van der Waals surface area contributed by atoms with Gasteiger partial charge < -0.3 is 14.4 Å². The molecule has 0 aliphatic carbocycles. The summed E-state index contributed by atoms with van der Waals surface area (Å²) in [5, 5.41) is 6.62. The number of carbonyl (C=O) groups excluding carboxylic acids is 1. The van der Waals surface area contributed by atoms with Gasteiger partial charge in [0, 0.05) is 45.5 Å². The molecule has 162 valence electrons. The molecule has 0 aliphatic rings. The van der Waals surface area contributed by atoms with Gasteiger partial charge in [-0.3, -0.25) is 4.79 Å². The van der Waals surface area contributed by atoms with Gasteiger partial charge in [0.1, 0.15) is 11.6 Å². The van der Waals surface area contributed by atoms with E-state index >= 15 is 0 Å². The lowest BCUT2D eigenvalue weighted by molar-refractivity contribution is -0.116. The first-order valence-electron chi connectivity index (χ1n) is 9.54. The number of hydrogen-bond donors (Lipinski definition) is 1. The number of imidazole rings is 1. The first kappa shape index (κ1) is 22.0. The molecule has 0 atom stereocenters. The van der Waals surface area contributed by atoms with Crippen LogP contribution < -0.4 is 5.32 Å². The second kappa shape index (κ2) is 7.84. The van der Waals surface area contributed by atoms with Crippen LogP contribution in [0, 0.1) is 0 Å². The Hall–Kier alpha value is -2.72. The molecular formula is C20H27N5O4S. The Labute approximate surface area is 176 Å². The van der Waals surface area contributed by atoms with Gasteiger partial charge in [-0.05, 0) is 18.2 Å². The molecule has 9 nitrogen and oxygen atoms in total. The van der Waals surface area contributed by atoms with Crippen molar-refractivity contribution in [1.82, 2.24) is 19.0 Å². The smallest absolute Gasteiger partial charge is 0.242 e. The summed E-state index contributed by atoms with van der Waals surface area (Å²) >= 11 is 0. The lowest BCUT2D eigenvalue weighted by Gasteiger charge is -2.12. The number of sulfonamides is 1. The maximum Gasteiger partial charge on any atom is 0.242 e. The zero-order chi connectivity index (χ0) is 22.3. The molecule has 2 aromatic heterocycles. The van der Waals surface area contributed by atoms with Gasteiger partial charge in [-0.15, -0.1) is 0 Å². The Morgan fingerprint density at radius 1 is 1.23 bits per heavy atom. The second-order valence-electron chi connectivity index (χ2n) is 8.40. The van der Waals surface area contributed by atoms with Crippen LogP contribution in [0.5, 0.6) is 0 Å². The summed E-state index contributed by atoms with van der Waals surface area (Å²) in [5.41, 5.74) is 1.18. The van der Waals surface area contributed by atoms with Crippen molar-refractivity contribution in [3.63, 3.8) is 0 Å². The van der Waals surface area contributed by atoms with E-state index in [1.54, 1.807) is 24.3 Å². The molecule has 0 spiro atoms. The number of hydrogen-bond acceptors (Lipinski definition) is 6. The van der Waals surface area contributed by atoms with E-state index in [1.807, 2.05) is 32.4 Å². The van der Waals surface area contributed by atoms with Crippen LogP contribution in [-0.2, 0) is 33.7 Å². The lowest BCUT2D eigenvalue weighted by atomic mass is 9.93. The summed E-state index contributed by atoms with van der Waals surface area (Å²) in [6, 6.07) is 6.57. The molecule has 1 N–H and O–H groups in total. The van der Waals surface area contributed by atoms with Gasteiger partial charge in [-0.25, -0.2) is 17.7 Å². The van der Waals surface area contributed by atoms with Gasteiger partial charge in [-0.2, -0.15) is 0 Å². The molecule has 0 aliphatic heterocycles. The Bertz CT molecular complexity index is 1190. The third-order valence-corrected chi connectivity index (χ3v) is 6.63. The third kappa shape index (κ3) is 4.39. The van der Waals surface area contributed by atoms with Crippen molar-refractivity contribution < 1.29 is 17.7 Å². The monoisotopic (exact) mass is 433 g/mol. The topological polar surface area (TPSA) is 110 Å². The molecule has 0 unspecified atom stereocenters. The van der Waals surface area contributed by atoms with E-state index in [0.717, 1.165) is 9.82 Å². The number of amides is 1. The number of nitrogens with zero attached hydrogens (tertiary/aromatic N) is 4. The van der Waals surface area contributed by atoms with Crippen molar-refractivity contribution >= 4 is 32.8 Å². The number of aryl methyl sites for hydroxylation is 2. The summed E-state index contributed by atoms with van der Waals surface area (Å²) in [4.78, 5) is 17.0. The van der Waals surface area contributed by atoms with Crippen LogP contribution in [0.15, 0.2) is 33.7 Å². The fourth-order valence-corrected chi connectivity index (χ4v) is 3.86. The van der Waals surface area contributed by atoms with E-state index in [2.05, 4.69) is 15.5 Å².